The molecular formula is C9H6N2O. The summed E-state index contributed by atoms with van der Waals surface area (Å²) < 4.78 is 7.05. The Morgan fingerprint density at radius 1 is 1.33 bits per heavy atom. The normalized spacial score (nSPS) is 11.3. The van der Waals surface area contributed by atoms with Crippen molar-refractivity contribution < 1.29 is 4.42 Å². The summed E-state index contributed by atoms with van der Waals surface area (Å²) in [6, 6.07) is 5.94. The van der Waals surface area contributed by atoms with E-state index >= 15 is 0 Å². The molecule has 0 unspecified atom stereocenters. The Morgan fingerprint density at radius 3 is 3.33 bits per heavy atom. The summed E-state index contributed by atoms with van der Waals surface area (Å²) in [6.45, 7) is 0. The summed E-state index contributed by atoms with van der Waals surface area (Å²) in [6.07, 6.45) is 5.32. The first-order valence-electron chi connectivity index (χ1n) is 3.75. The Morgan fingerprint density at radius 2 is 2.33 bits per heavy atom. The van der Waals surface area contributed by atoms with Gasteiger partial charge in [0, 0.05) is 11.6 Å². The number of furan rings is 1. The lowest BCUT2D eigenvalue weighted by Gasteiger charge is -1.92. The van der Waals surface area contributed by atoms with Crippen LogP contribution in [0, 0.1) is 0 Å². The number of hydrogen-bond acceptors (Lipinski definition) is 2. The molecule has 12 heavy (non-hydrogen) atoms. The monoisotopic (exact) mass is 158 g/mol. The van der Waals surface area contributed by atoms with E-state index < -0.39 is 0 Å². The molecule has 3 heterocycles. The summed E-state index contributed by atoms with van der Waals surface area (Å²) in [5.74, 6) is 0. The fraction of sp³-hybridized carbons (Fsp3) is 0. The molecule has 0 aliphatic heterocycles. The fourth-order valence-corrected chi connectivity index (χ4v) is 1.43. The molecule has 3 aromatic heterocycles. The minimum absolute atomic E-state index is 0.834. The van der Waals surface area contributed by atoms with E-state index in [0.29, 0.717) is 0 Å². The first kappa shape index (κ1) is 5.83. The number of aromatic nitrogens is 2. The second-order valence-corrected chi connectivity index (χ2v) is 2.68. The van der Waals surface area contributed by atoms with Crippen molar-refractivity contribution in [3.05, 3.63) is 36.9 Å². The maximum atomic E-state index is 5.22. The van der Waals surface area contributed by atoms with Crippen LogP contribution in [0.4, 0.5) is 0 Å². The number of fused-ring (bicyclic) bond motifs is 3. The van der Waals surface area contributed by atoms with E-state index in [-0.39, 0.29) is 0 Å². The molecule has 3 nitrogen and oxygen atoms in total. The van der Waals surface area contributed by atoms with Crippen LogP contribution < -0.4 is 0 Å². The van der Waals surface area contributed by atoms with Crippen molar-refractivity contribution >= 4 is 16.5 Å². The van der Waals surface area contributed by atoms with Gasteiger partial charge in [-0.15, -0.1) is 0 Å². The molecule has 0 aliphatic rings. The zero-order valence-corrected chi connectivity index (χ0v) is 6.27. The third-order valence-corrected chi connectivity index (χ3v) is 2.00. The molecule has 0 atom stereocenters. The quantitative estimate of drug-likeness (QED) is 0.501. The molecule has 0 aliphatic carbocycles. The van der Waals surface area contributed by atoms with Gasteiger partial charge in [-0.05, 0) is 18.2 Å². The lowest BCUT2D eigenvalue weighted by molar-refractivity contribution is 0.612. The highest BCUT2D eigenvalue weighted by atomic mass is 16.3. The molecule has 0 radical (unpaired) electrons. The largest absolute Gasteiger partial charge is 0.463 e. The zero-order chi connectivity index (χ0) is 7.97. The van der Waals surface area contributed by atoms with Crippen molar-refractivity contribution in [2.24, 2.45) is 0 Å². The van der Waals surface area contributed by atoms with Crippen molar-refractivity contribution in [3.63, 3.8) is 0 Å². The minimum atomic E-state index is 0.834. The Labute approximate surface area is 68.2 Å². The van der Waals surface area contributed by atoms with Crippen molar-refractivity contribution in [2.75, 3.05) is 0 Å². The van der Waals surface area contributed by atoms with Crippen LogP contribution in [-0.2, 0) is 0 Å². The van der Waals surface area contributed by atoms with Crippen LogP contribution in [-0.4, -0.2) is 9.61 Å². The van der Waals surface area contributed by atoms with Crippen LogP contribution in [0.25, 0.3) is 16.5 Å². The van der Waals surface area contributed by atoms with Crippen LogP contribution in [0.1, 0.15) is 0 Å². The molecule has 0 saturated carbocycles. The van der Waals surface area contributed by atoms with Gasteiger partial charge in [-0.25, -0.2) is 4.52 Å². The SMILES string of the molecule is c1cc2c3ccoc3cnn2c1. The molecular weight excluding hydrogens is 152 g/mol. The molecule has 3 heteroatoms. The van der Waals surface area contributed by atoms with E-state index in [1.165, 1.54) is 0 Å². The molecule has 0 aromatic carbocycles. The van der Waals surface area contributed by atoms with Gasteiger partial charge in [-0.3, -0.25) is 0 Å². The molecule has 3 rings (SSSR count). The van der Waals surface area contributed by atoms with Crippen LogP contribution in [0.3, 0.4) is 0 Å². The highest BCUT2D eigenvalue weighted by Gasteiger charge is 2.01. The zero-order valence-electron chi connectivity index (χ0n) is 6.27. The van der Waals surface area contributed by atoms with Crippen LogP contribution in [0.15, 0.2) is 41.3 Å². The molecule has 0 bridgehead atoms. The second-order valence-electron chi connectivity index (χ2n) is 2.68. The van der Waals surface area contributed by atoms with E-state index in [0.717, 1.165) is 16.5 Å². The molecule has 0 saturated heterocycles. The Kier molecular flexibility index (Phi) is 0.913. The number of nitrogens with zero attached hydrogens (tertiary/aromatic N) is 2. The average molecular weight is 158 g/mol. The van der Waals surface area contributed by atoms with Gasteiger partial charge in [0.2, 0.25) is 0 Å². The van der Waals surface area contributed by atoms with Crippen molar-refractivity contribution in [1.29, 1.82) is 0 Å². The van der Waals surface area contributed by atoms with Gasteiger partial charge >= 0.3 is 0 Å². The Balaban J connectivity index is 2.71. The highest BCUT2D eigenvalue weighted by Crippen LogP contribution is 2.19. The molecule has 0 N–H and O–H groups in total. The Bertz CT molecular complexity index is 486. The molecule has 58 valence electrons. The number of rotatable bonds is 0. The maximum Gasteiger partial charge on any atom is 0.156 e. The van der Waals surface area contributed by atoms with Crippen LogP contribution in [0.2, 0.25) is 0 Å². The van der Waals surface area contributed by atoms with Gasteiger partial charge in [0.05, 0.1) is 18.0 Å². The third-order valence-electron chi connectivity index (χ3n) is 2.00. The third kappa shape index (κ3) is 0.580. The molecule has 3 aromatic rings. The van der Waals surface area contributed by atoms with E-state index in [1.54, 1.807) is 12.5 Å². The van der Waals surface area contributed by atoms with Gasteiger partial charge in [-0.1, -0.05) is 0 Å². The van der Waals surface area contributed by atoms with Gasteiger partial charge < -0.3 is 4.42 Å². The maximum absolute atomic E-state index is 5.22. The lowest BCUT2D eigenvalue weighted by atomic mass is 10.3. The van der Waals surface area contributed by atoms with Gasteiger partial charge in [0.15, 0.2) is 5.58 Å². The first-order chi connectivity index (χ1) is 5.95. The Hall–Kier alpha value is -1.77. The van der Waals surface area contributed by atoms with E-state index in [1.807, 2.05) is 28.9 Å². The summed E-state index contributed by atoms with van der Waals surface area (Å²) in [7, 11) is 0. The molecule has 0 amide bonds. The smallest absolute Gasteiger partial charge is 0.156 e. The van der Waals surface area contributed by atoms with Gasteiger partial charge in [0.1, 0.15) is 0 Å². The highest BCUT2D eigenvalue weighted by molar-refractivity contribution is 5.91. The summed E-state index contributed by atoms with van der Waals surface area (Å²) in [5, 5.41) is 5.27. The van der Waals surface area contributed by atoms with Gasteiger partial charge in [0.25, 0.3) is 0 Å². The van der Waals surface area contributed by atoms with Crippen LogP contribution >= 0.6 is 0 Å². The topological polar surface area (TPSA) is 30.4 Å². The average Bonchev–Trinajstić information content (AvgIpc) is 2.71. The first-order valence-corrected chi connectivity index (χ1v) is 3.75. The minimum Gasteiger partial charge on any atom is -0.463 e. The fourth-order valence-electron chi connectivity index (χ4n) is 1.43. The predicted molar refractivity (Wildman–Crippen MR) is 45.0 cm³/mol. The summed E-state index contributed by atoms with van der Waals surface area (Å²) >= 11 is 0. The second kappa shape index (κ2) is 1.88. The van der Waals surface area contributed by atoms with Crippen molar-refractivity contribution in [1.82, 2.24) is 9.61 Å². The van der Waals surface area contributed by atoms with E-state index in [4.69, 9.17) is 4.42 Å². The standard InChI is InChI=1S/C9H6N2O/c1-2-8-7-3-5-12-9(7)6-10-11(8)4-1/h1-6H. The summed E-state index contributed by atoms with van der Waals surface area (Å²) in [4.78, 5) is 0. The summed E-state index contributed by atoms with van der Waals surface area (Å²) in [5.41, 5.74) is 1.92. The number of hydrogen-bond donors (Lipinski definition) is 0. The van der Waals surface area contributed by atoms with E-state index in [2.05, 4.69) is 5.10 Å². The molecule has 0 fully saturated rings. The lowest BCUT2D eigenvalue weighted by Crippen LogP contribution is -1.86. The predicted octanol–water partition coefficient (Wildman–Crippen LogP) is 2.08. The van der Waals surface area contributed by atoms with Gasteiger partial charge in [-0.2, -0.15) is 5.10 Å². The van der Waals surface area contributed by atoms with Crippen molar-refractivity contribution in [2.45, 2.75) is 0 Å². The van der Waals surface area contributed by atoms with Crippen LogP contribution in [0.5, 0.6) is 0 Å². The molecule has 0 spiro atoms. The van der Waals surface area contributed by atoms with E-state index in [9.17, 15) is 0 Å². The van der Waals surface area contributed by atoms with Crippen molar-refractivity contribution in [3.8, 4) is 0 Å².